The molecular weight excluding hydrogens is 373 g/mol. The van der Waals surface area contributed by atoms with Crippen molar-refractivity contribution in [2.24, 2.45) is 0 Å². The van der Waals surface area contributed by atoms with E-state index >= 15 is 0 Å². The van der Waals surface area contributed by atoms with Gasteiger partial charge in [-0.25, -0.2) is 0 Å². The molecule has 3 nitrogen and oxygen atoms in total. The molecule has 0 saturated carbocycles. The minimum absolute atomic E-state index is 0.0848. The van der Waals surface area contributed by atoms with E-state index in [-0.39, 0.29) is 17.2 Å². The summed E-state index contributed by atoms with van der Waals surface area (Å²) >= 11 is 12.5. The molecule has 1 rings (SSSR count). The molecular formula is C11H12Br2ClNO2. The molecule has 17 heavy (non-hydrogen) atoms. The zero-order valence-corrected chi connectivity index (χ0v) is 13.1. The predicted octanol–water partition coefficient (Wildman–Crippen LogP) is 3.32. The summed E-state index contributed by atoms with van der Waals surface area (Å²) in [6.45, 7) is 1.88. The van der Waals surface area contributed by atoms with Crippen LogP contribution in [0.25, 0.3) is 0 Å². The van der Waals surface area contributed by atoms with Crippen LogP contribution >= 0.6 is 43.5 Å². The van der Waals surface area contributed by atoms with Crippen molar-refractivity contribution >= 4 is 49.4 Å². The van der Waals surface area contributed by atoms with Gasteiger partial charge in [-0.2, -0.15) is 0 Å². The smallest absolute Gasteiger partial charge is 0.255 e. The van der Waals surface area contributed by atoms with Gasteiger partial charge in [0.15, 0.2) is 0 Å². The summed E-state index contributed by atoms with van der Waals surface area (Å²) in [5, 5.41) is 14.0. The van der Waals surface area contributed by atoms with Crippen LogP contribution in [0, 0.1) is 0 Å². The average Bonchev–Trinajstić information content (AvgIpc) is 2.32. The monoisotopic (exact) mass is 383 g/mol. The van der Waals surface area contributed by atoms with Gasteiger partial charge in [-0.15, -0.1) is 0 Å². The lowest BCUT2D eigenvalue weighted by Gasteiger charge is -2.26. The fourth-order valence-corrected chi connectivity index (χ4v) is 2.52. The van der Waals surface area contributed by atoms with Crippen LogP contribution in [0.5, 0.6) is 5.75 Å². The van der Waals surface area contributed by atoms with Gasteiger partial charge in [-0.05, 0) is 25.1 Å². The van der Waals surface area contributed by atoms with Gasteiger partial charge in [0.25, 0.3) is 5.91 Å². The van der Waals surface area contributed by atoms with Crippen LogP contribution in [-0.4, -0.2) is 27.2 Å². The van der Waals surface area contributed by atoms with Crippen molar-refractivity contribution in [2.75, 3.05) is 10.7 Å². The molecule has 0 fully saturated rings. The number of aromatic hydroxyl groups is 1. The van der Waals surface area contributed by atoms with Crippen LogP contribution in [0.3, 0.4) is 0 Å². The van der Waals surface area contributed by atoms with E-state index in [1.807, 2.05) is 6.92 Å². The van der Waals surface area contributed by atoms with E-state index < -0.39 is 5.54 Å². The van der Waals surface area contributed by atoms with E-state index in [0.29, 0.717) is 15.7 Å². The maximum absolute atomic E-state index is 12.0. The number of benzene rings is 1. The summed E-state index contributed by atoms with van der Waals surface area (Å²) < 4.78 is 0. The van der Waals surface area contributed by atoms with Crippen molar-refractivity contribution in [3.8, 4) is 5.75 Å². The highest BCUT2D eigenvalue weighted by Crippen LogP contribution is 2.22. The summed E-state index contributed by atoms with van der Waals surface area (Å²) in [5.74, 6) is -0.440. The first-order valence-corrected chi connectivity index (χ1v) is 7.47. The molecule has 0 spiro atoms. The van der Waals surface area contributed by atoms with Gasteiger partial charge < -0.3 is 10.4 Å². The Hall–Kier alpha value is -0.260. The largest absolute Gasteiger partial charge is 0.507 e. The Kier molecular flexibility index (Phi) is 5.28. The minimum Gasteiger partial charge on any atom is -0.507 e. The third kappa shape index (κ3) is 3.86. The Labute approximate surface area is 122 Å². The predicted molar refractivity (Wildman–Crippen MR) is 76.6 cm³/mol. The first-order valence-electron chi connectivity index (χ1n) is 4.85. The molecule has 1 aromatic carbocycles. The summed E-state index contributed by atoms with van der Waals surface area (Å²) in [5.41, 5.74) is -0.253. The highest BCUT2D eigenvalue weighted by Gasteiger charge is 2.25. The molecule has 0 aliphatic carbocycles. The van der Waals surface area contributed by atoms with Crippen LogP contribution in [0.4, 0.5) is 0 Å². The van der Waals surface area contributed by atoms with Crippen molar-refractivity contribution in [1.82, 2.24) is 5.32 Å². The van der Waals surface area contributed by atoms with Crippen molar-refractivity contribution in [2.45, 2.75) is 12.5 Å². The highest BCUT2D eigenvalue weighted by molar-refractivity contribution is 9.09. The fourth-order valence-electron chi connectivity index (χ4n) is 1.13. The maximum Gasteiger partial charge on any atom is 0.255 e. The van der Waals surface area contributed by atoms with Crippen molar-refractivity contribution in [3.63, 3.8) is 0 Å². The summed E-state index contributed by atoms with van der Waals surface area (Å²) in [4.78, 5) is 12.0. The molecule has 94 valence electrons. The van der Waals surface area contributed by atoms with Gasteiger partial charge in [0, 0.05) is 15.7 Å². The van der Waals surface area contributed by atoms with Gasteiger partial charge in [-0.3, -0.25) is 4.79 Å². The van der Waals surface area contributed by atoms with E-state index in [9.17, 15) is 9.90 Å². The topological polar surface area (TPSA) is 49.3 Å². The number of amides is 1. The second-order valence-corrected chi connectivity index (χ2v) is 5.50. The molecule has 0 aromatic heterocycles. The summed E-state index contributed by atoms with van der Waals surface area (Å²) in [6.07, 6.45) is 0. The average molecular weight is 385 g/mol. The molecule has 0 aliphatic rings. The Bertz CT molecular complexity index is 422. The minimum atomic E-state index is -0.425. The Balaban J connectivity index is 2.94. The molecule has 0 bridgehead atoms. The Morgan fingerprint density at radius 2 is 2.06 bits per heavy atom. The van der Waals surface area contributed by atoms with Gasteiger partial charge >= 0.3 is 0 Å². The second-order valence-electron chi connectivity index (χ2n) is 3.94. The molecule has 0 saturated heterocycles. The van der Waals surface area contributed by atoms with E-state index in [2.05, 4.69) is 37.2 Å². The third-order valence-electron chi connectivity index (χ3n) is 2.21. The molecule has 0 radical (unpaired) electrons. The first kappa shape index (κ1) is 14.8. The van der Waals surface area contributed by atoms with Crippen LogP contribution < -0.4 is 5.32 Å². The number of halogens is 3. The Morgan fingerprint density at radius 3 is 2.59 bits per heavy atom. The SMILES string of the molecule is CC(CBr)(CBr)NC(=O)c1cc(Cl)ccc1O. The van der Waals surface area contributed by atoms with E-state index in [1.165, 1.54) is 18.2 Å². The van der Waals surface area contributed by atoms with E-state index in [1.54, 1.807) is 0 Å². The van der Waals surface area contributed by atoms with Crippen LogP contribution in [0.1, 0.15) is 17.3 Å². The van der Waals surface area contributed by atoms with Gasteiger partial charge in [0.2, 0.25) is 0 Å². The second kappa shape index (κ2) is 6.07. The van der Waals surface area contributed by atoms with E-state index in [4.69, 9.17) is 11.6 Å². The number of rotatable bonds is 4. The number of nitrogens with one attached hydrogen (secondary N) is 1. The summed E-state index contributed by atoms with van der Waals surface area (Å²) in [6, 6.07) is 4.37. The summed E-state index contributed by atoms with van der Waals surface area (Å²) in [7, 11) is 0. The molecule has 0 atom stereocenters. The molecule has 2 N–H and O–H groups in total. The fraction of sp³-hybridized carbons (Fsp3) is 0.364. The van der Waals surface area contributed by atoms with Crippen molar-refractivity contribution < 1.29 is 9.90 Å². The van der Waals surface area contributed by atoms with Gasteiger partial charge in [0.1, 0.15) is 5.75 Å². The lowest BCUT2D eigenvalue weighted by molar-refractivity contribution is 0.0920. The third-order valence-corrected chi connectivity index (χ3v) is 4.92. The number of phenolic OH excluding ortho intramolecular Hbond substituents is 1. The molecule has 0 aliphatic heterocycles. The van der Waals surface area contributed by atoms with Gasteiger partial charge in [-0.1, -0.05) is 43.5 Å². The normalized spacial score (nSPS) is 11.3. The molecule has 0 heterocycles. The highest BCUT2D eigenvalue weighted by atomic mass is 79.9. The Morgan fingerprint density at radius 1 is 1.47 bits per heavy atom. The van der Waals surface area contributed by atoms with E-state index in [0.717, 1.165) is 0 Å². The maximum atomic E-state index is 12.0. The molecule has 1 aromatic rings. The zero-order valence-electron chi connectivity index (χ0n) is 9.14. The molecule has 6 heteroatoms. The first-order chi connectivity index (χ1) is 7.91. The van der Waals surface area contributed by atoms with Gasteiger partial charge in [0.05, 0.1) is 11.1 Å². The number of carbonyl (C=O) groups is 1. The quantitative estimate of drug-likeness (QED) is 0.781. The van der Waals surface area contributed by atoms with Crippen LogP contribution in [0.2, 0.25) is 5.02 Å². The number of hydrogen-bond acceptors (Lipinski definition) is 2. The number of alkyl halides is 2. The van der Waals surface area contributed by atoms with Crippen LogP contribution in [-0.2, 0) is 0 Å². The number of hydrogen-bond donors (Lipinski definition) is 2. The lowest BCUT2D eigenvalue weighted by Crippen LogP contribution is -2.48. The molecule has 0 unspecified atom stereocenters. The van der Waals surface area contributed by atoms with Crippen molar-refractivity contribution in [1.29, 1.82) is 0 Å². The molecule has 1 amide bonds. The zero-order chi connectivity index (χ0) is 13.1. The van der Waals surface area contributed by atoms with Crippen molar-refractivity contribution in [3.05, 3.63) is 28.8 Å². The number of phenols is 1. The lowest BCUT2D eigenvalue weighted by atomic mass is 10.1. The standard InChI is InChI=1S/C11H12Br2ClNO2/c1-11(5-12,6-13)15-10(17)8-4-7(14)2-3-9(8)16/h2-4,16H,5-6H2,1H3,(H,15,17). The van der Waals surface area contributed by atoms with Crippen LogP contribution in [0.15, 0.2) is 18.2 Å². The number of carbonyl (C=O) groups excluding carboxylic acids is 1.